The zero-order chi connectivity index (χ0) is 26.0. The Morgan fingerprint density at radius 1 is 1.08 bits per heavy atom. The maximum atomic E-state index is 13.9. The molecule has 192 valence electrons. The van der Waals surface area contributed by atoms with Crippen LogP contribution in [0.15, 0.2) is 45.6 Å². The Morgan fingerprint density at radius 3 is 2.39 bits per heavy atom. The number of likely N-dealkylation sites (N-methyl/N-ethyl adjacent to an activating group) is 1. The number of aliphatic hydroxyl groups excluding tert-OH is 1. The van der Waals surface area contributed by atoms with Crippen molar-refractivity contribution in [2.24, 2.45) is 0 Å². The number of fused-ring (bicyclic) bond motifs is 1. The number of nitrogens with zero attached hydrogens (tertiary/aromatic N) is 3. The van der Waals surface area contributed by atoms with Gasteiger partial charge in [0.05, 0.1) is 31.2 Å². The van der Waals surface area contributed by atoms with Crippen molar-refractivity contribution in [2.75, 3.05) is 63.4 Å². The molecule has 1 aliphatic heterocycles. The van der Waals surface area contributed by atoms with E-state index in [1.807, 2.05) is 4.90 Å². The van der Waals surface area contributed by atoms with Gasteiger partial charge in [-0.2, -0.15) is 0 Å². The van der Waals surface area contributed by atoms with Gasteiger partial charge in [0.1, 0.15) is 17.2 Å². The van der Waals surface area contributed by atoms with Crippen molar-refractivity contribution in [3.8, 4) is 0 Å². The molecule has 1 amide bonds. The highest BCUT2D eigenvalue weighted by molar-refractivity contribution is 5.98. The van der Waals surface area contributed by atoms with Crippen LogP contribution in [0.1, 0.15) is 28.9 Å². The molecule has 10 heteroatoms. The van der Waals surface area contributed by atoms with Crippen LogP contribution in [0.25, 0.3) is 11.0 Å². The van der Waals surface area contributed by atoms with E-state index in [9.17, 15) is 23.5 Å². The molecule has 1 aromatic heterocycles. The molecular formula is C26H29F2N3O5. The molecule has 1 fully saturated rings. The molecule has 0 saturated carbocycles. The minimum atomic E-state index is -0.718. The first-order chi connectivity index (χ1) is 17.2. The van der Waals surface area contributed by atoms with Crippen molar-refractivity contribution in [3.05, 3.63) is 69.4 Å². The highest BCUT2D eigenvalue weighted by Crippen LogP contribution is 2.33. The molecule has 0 aliphatic carbocycles. The third-order valence-electron chi connectivity index (χ3n) is 6.48. The van der Waals surface area contributed by atoms with E-state index in [-0.39, 0.29) is 41.1 Å². The van der Waals surface area contributed by atoms with Crippen LogP contribution in [0, 0.1) is 11.6 Å². The molecule has 1 N–H and O–H groups in total. The lowest BCUT2D eigenvalue weighted by Gasteiger charge is -2.30. The molecule has 2 aromatic carbocycles. The monoisotopic (exact) mass is 501 g/mol. The Bertz CT molecular complexity index is 1300. The molecule has 8 nitrogen and oxygen atoms in total. The number of benzene rings is 2. The van der Waals surface area contributed by atoms with Crippen LogP contribution in [-0.2, 0) is 4.74 Å². The lowest BCUT2D eigenvalue weighted by atomic mass is 9.99. The maximum Gasteiger partial charge on any atom is 0.253 e. The fraction of sp³-hybridized carbons (Fsp3) is 0.385. The molecule has 0 spiro atoms. The lowest BCUT2D eigenvalue weighted by molar-refractivity contribution is 0.0767. The standard InChI is InChI=1S/C26H29F2N3O5/c1-16(30(3)20-13-18(27)12-19(28)14-20)21-10-17(26(34)29(2)4-7-32)11-22-23(33)15-24(36-25(21)22)31-5-8-35-9-6-31/h10-16,32H,4-9H2,1-3H3/t16-/m0/s1. The number of ether oxygens (including phenoxy) is 1. The van der Waals surface area contributed by atoms with Crippen molar-refractivity contribution in [1.82, 2.24) is 4.90 Å². The van der Waals surface area contributed by atoms with E-state index in [4.69, 9.17) is 9.15 Å². The Morgan fingerprint density at radius 2 is 1.75 bits per heavy atom. The van der Waals surface area contributed by atoms with Crippen LogP contribution in [-0.4, -0.2) is 69.5 Å². The van der Waals surface area contributed by atoms with Crippen molar-refractivity contribution in [1.29, 1.82) is 0 Å². The quantitative estimate of drug-likeness (QED) is 0.532. The van der Waals surface area contributed by atoms with E-state index in [2.05, 4.69) is 0 Å². The fourth-order valence-electron chi connectivity index (χ4n) is 4.29. The number of anilines is 2. The summed E-state index contributed by atoms with van der Waals surface area (Å²) >= 11 is 0. The predicted octanol–water partition coefficient (Wildman–Crippen LogP) is 3.17. The summed E-state index contributed by atoms with van der Waals surface area (Å²) in [6.07, 6.45) is 0. The van der Waals surface area contributed by atoms with Gasteiger partial charge in [0, 0.05) is 62.7 Å². The normalized spacial score (nSPS) is 14.7. The van der Waals surface area contributed by atoms with Gasteiger partial charge in [-0.15, -0.1) is 0 Å². The zero-order valence-electron chi connectivity index (χ0n) is 20.5. The Hall–Kier alpha value is -3.50. The Labute approximate surface area is 207 Å². The first-order valence-corrected chi connectivity index (χ1v) is 11.7. The van der Waals surface area contributed by atoms with E-state index in [1.165, 1.54) is 29.2 Å². The van der Waals surface area contributed by atoms with Crippen molar-refractivity contribution < 1.29 is 27.8 Å². The molecule has 1 saturated heterocycles. The predicted molar refractivity (Wildman–Crippen MR) is 133 cm³/mol. The van der Waals surface area contributed by atoms with Crippen LogP contribution in [0.4, 0.5) is 20.4 Å². The van der Waals surface area contributed by atoms with E-state index in [1.54, 1.807) is 32.0 Å². The van der Waals surface area contributed by atoms with Crippen molar-refractivity contribution in [3.63, 3.8) is 0 Å². The first kappa shape index (κ1) is 25.6. The molecule has 36 heavy (non-hydrogen) atoms. The van der Waals surface area contributed by atoms with Crippen molar-refractivity contribution >= 4 is 28.4 Å². The minimum Gasteiger partial charge on any atom is -0.440 e. The number of rotatable bonds is 7. The molecule has 0 unspecified atom stereocenters. The molecule has 0 radical (unpaired) electrons. The number of hydrogen-bond donors (Lipinski definition) is 1. The number of aliphatic hydroxyl groups is 1. The second kappa shape index (κ2) is 10.6. The van der Waals surface area contributed by atoms with E-state index in [0.29, 0.717) is 43.3 Å². The molecule has 2 heterocycles. The summed E-state index contributed by atoms with van der Waals surface area (Å²) in [5.41, 5.74) is 1.01. The van der Waals surface area contributed by atoms with Gasteiger partial charge in [0.15, 0.2) is 11.3 Å². The largest absolute Gasteiger partial charge is 0.440 e. The summed E-state index contributed by atoms with van der Waals surface area (Å²) in [7, 11) is 3.22. The molecular weight excluding hydrogens is 472 g/mol. The molecule has 4 rings (SSSR count). The topological polar surface area (TPSA) is 86.5 Å². The molecule has 1 atom stereocenters. The van der Waals surface area contributed by atoms with Crippen LogP contribution in [0.3, 0.4) is 0 Å². The fourth-order valence-corrected chi connectivity index (χ4v) is 4.29. The first-order valence-electron chi connectivity index (χ1n) is 11.7. The van der Waals surface area contributed by atoms with Crippen LogP contribution in [0.2, 0.25) is 0 Å². The van der Waals surface area contributed by atoms with E-state index < -0.39 is 17.7 Å². The summed E-state index contributed by atoms with van der Waals surface area (Å²) in [5.74, 6) is -1.43. The number of halogens is 2. The highest BCUT2D eigenvalue weighted by atomic mass is 19.1. The average molecular weight is 502 g/mol. The molecule has 1 aliphatic rings. The summed E-state index contributed by atoms with van der Waals surface area (Å²) in [4.78, 5) is 31.2. The van der Waals surface area contributed by atoms with Crippen molar-refractivity contribution in [2.45, 2.75) is 13.0 Å². The Kier molecular flexibility index (Phi) is 7.56. The summed E-state index contributed by atoms with van der Waals surface area (Å²) in [6.45, 7) is 3.83. The van der Waals surface area contributed by atoms with Gasteiger partial charge in [-0.25, -0.2) is 8.78 Å². The second-order valence-corrected chi connectivity index (χ2v) is 8.86. The van der Waals surface area contributed by atoms with Gasteiger partial charge in [-0.3, -0.25) is 9.59 Å². The van der Waals surface area contributed by atoms with Gasteiger partial charge in [0.25, 0.3) is 5.91 Å². The SMILES string of the molecule is C[C@@H](c1cc(C(=O)N(C)CCO)cc2c(=O)cc(N3CCOCC3)oc12)N(C)c1cc(F)cc(F)c1. The number of hydrogen-bond acceptors (Lipinski definition) is 7. The summed E-state index contributed by atoms with van der Waals surface area (Å²) in [6, 6.07) is 7.19. The Balaban J connectivity index is 1.88. The number of morpholine rings is 1. The average Bonchev–Trinajstić information content (AvgIpc) is 2.87. The van der Waals surface area contributed by atoms with Gasteiger partial charge in [0.2, 0.25) is 0 Å². The highest BCUT2D eigenvalue weighted by Gasteiger charge is 2.24. The summed E-state index contributed by atoms with van der Waals surface area (Å²) < 4.78 is 39.5. The van der Waals surface area contributed by atoms with Gasteiger partial charge < -0.3 is 29.0 Å². The molecule has 0 bridgehead atoms. The number of carbonyl (C=O) groups excluding carboxylic acids is 1. The van der Waals surface area contributed by atoms with E-state index in [0.717, 1.165) is 6.07 Å². The minimum absolute atomic E-state index is 0.120. The number of carbonyl (C=O) groups is 1. The van der Waals surface area contributed by atoms with Crippen LogP contribution >= 0.6 is 0 Å². The number of amides is 1. The van der Waals surface area contributed by atoms with Gasteiger partial charge >= 0.3 is 0 Å². The maximum absolute atomic E-state index is 13.9. The summed E-state index contributed by atoms with van der Waals surface area (Å²) in [5, 5.41) is 9.47. The lowest BCUT2D eigenvalue weighted by Crippen LogP contribution is -2.36. The third kappa shape index (κ3) is 5.19. The van der Waals surface area contributed by atoms with Crippen LogP contribution in [0.5, 0.6) is 0 Å². The molecule has 3 aromatic rings. The van der Waals surface area contributed by atoms with E-state index >= 15 is 0 Å². The van der Waals surface area contributed by atoms with Gasteiger partial charge in [-0.05, 0) is 31.2 Å². The zero-order valence-corrected chi connectivity index (χ0v) is 20.5. The second-order valence-electron chi connectivity index (χ2n) is 8.86. The third-order valence-corrected chi connectivity index (χ3v) is 6.48. The van der Waals surface area contributed by atoms with Gasteiger partial charge in [-0.1, -0.05) is 0 Å². The van der Waals surface area contributed by atoms with Crippen LogP contribution < -0.4 is 15.2 Å². The smallest absolute Gasteiger partial charge is 0.253 e.